The lowest BCUT2D eigenvalue weighted by Crippen LogP contribution is -2.39. The van der Waals surface area contributed by atoms with Gasteiger partial charge in [-0.05, 0) is 0 Å². The normalized spacial score (nSPS) is 10.3. The zero-order chi connectivity index (χ0) is 11.6. The van der Waals surface area contributed by atoms with Crippen LogP contribution in [0.25, 0.3) is 0 Å². The fraction of sp³-hybridized carbons (Fsp3) is 0.500. The summed E-state index contributed by atoms with van der Waals surface area (Å²) in [4.78, 5) is 23.0. The van der Waals surface area contributed by atoms with Crippen LogP contribution >= 0.6 is 0 Å². The average Bonchev–Trinajstić information content (AvgIpc) is 2.24. The van der Waals surface area contributed by atoms with Crippen molar-refractivity contribution in [1.29, 1.82) is 0 Å². The molecule has 7 nitrogen and oxygen atoms in total. The van der Waals surface area contributed by atoms with Gasteiger partial charge in [-0.1, -0.05) is 0 Å². The third-order valence-electron chi connectivity index (χ3n) is 2.12. The van der Waals surface area contributed by atoms with E-state index in [1.165, 1.54) is 18.7 Å². The Labute approximate surface area is 85.8 Å². The third kappa shape index (κ3) is 1.86. The van der Waals surface area contributed by atoms with Gasteiger partial charge in [0.25, 0.3) is 5.56 Å². The van der Waals surface area contributed by atoms with Crippen LogP contribution in [0, 0.1) is 0 Å². The Morgan fingerprint density at radius 1 is 1.33 bits per heavy atom. The van der Waals surface area contributed by atoms with E-state index >= 15 is 0 Å². The summed E-state index contributed by atoms with van der Waals surface area (Å²) in [7, 11) is 2.84. The maximum absolute atomic E-state index is 11.6. The van der Waals surface area contributed by atoms with Gasteiger partial charge in [0.1, 0.15) is 11.5 Å². The van der Waals surface area contributed by atoms with E-state index in [2.05, 4.69) is 5.32 Å². The van der Waals surface area contributed by atoms with Crippen molar-refractivity contribution in [3.63, 3.8) is 0 Å². The maximum atomic E-state index is 11.6. The Morgan fingerprint density at radius 3 is 2.47 bits per heavy atom. The number of nitrogen functional groups attached to an aromatic ring is 1. The summed E-state index contributed by atoms with van der Waals surface area (Å²) in [5, 5.41) is 11.3. The molecule has 0 fully saturated rings. The van der Waals surface area contributed by atoms with Crippen molar-refractivity contribution in [3.05, 3.63) is 20.8 Å². The Balaban J connectivity index is 3.39. The molecule has 1 heterocycles. The first-order valence-corrected chi connectivity index (χ1v) is 4.41. The molecule has 0 saturated heterocycles. The highest BCUT2D eigenvalue weighted by Crippen LogP contribution is 2.07. The van der Waals surface area contributed by atoms with Crippen molar-refractivity contribution < 1.29 is 5.11 Å². The summed E-state index contributed by atoms with van der Waals surface area (Å²) in [6.07, 6.45) is 0. The van der Waals surface area contributed by atoms with E-state index < -0.39 is 11.2 Å². The van der Waals surface area contributed by atoms with Crippen LogP contribution in [0.3, 0.4) is 0 Å². The van der Waals surface area contributed by atoms with Crippen molar-refractivity contribution in [1.82, 2.24) is 9.13 Å². The zero-order valence-electron chi connectivity index (χ0n) is 8.65. The minimum Gasteiger partial charge on any atom is -0.395 e. The van der Waals surface area contributed by atoms with E-state index in [-0.39, 0.29) is 24.7 Å². The van der Waals surface area contributed by atoms with Crippen molar-refractivity contribution in [3.8, 4) is 0 Å². The van der Waals surface area contributed by atoms with E-state index in [0.717, 1.165) is 4.57 Å². The monoisotopic (exact) mass is 214 g/mol. The number of anilines is 2. The largest absolute Gasteiger partial charge is 0.395 e. The average molecular weight is 214 g/mol. The second-order valence-corrected chi connectivity index (χ2v) is 3.12. The van der Waals surface area contributed by atoms with Crippen molar-refractivity contribution in [2.45, 2.75) is 0 Å². The summed E-state index contributed by atoms with van der Waals surface area (Å²) < 4.78 is 2.12. The molecular formula is C8H14N4O3. The summed E-state index contributed by atoms with van der Waals surface area (Å²) in [6, 6.07) is 0. The van der Waals surface area contributed by atoms with Gasteiger partial charge in [0, 0.05) is 20.6 Å². The van der Waals surface area contributed by atoms with E-state index in [4.69, 9.17) is 10.8 Å². The molecule has 0 aliphatic rings. The van der Waals surface area contributed by atoms with E-state index in [1.54, 1.807) is 0 Å². The van der Waals surface area contributed by atoms with Crippen LogP contribution in [0.15, 0.2) is 9.59 Å². The highest BCUT2D eigenvalue weighted by atomic mass is 16.3. The fourth-order valence-electron chi connectivity index (χ4n) is 1.21. The van der Waals surface area contributed by atoms with Crippen LogP contribution in [0.5, 0.6) is 0 Å². The van der Waals surface area contributed by atoms with E-state index in [9.17, 15) is 9.59 Å². The predicted octanol–water partition coefficient (Wildman–Crippen LogP) is -1.93. The molecule has 0 spiro atoms. The first-order valence-electron chi connectivity index (χ1n) is 4.41. The summed E-state index contributed by atoms with van der Waals surface area (Å²) in [5.74, 6) is 0.0663. The standard InChI is InChI=1S/C8H14N4O3/c1-11-6(9)5(10-3-4-13)7(14)12(2)8(11)15/h10,13H,3-4,9H2,1-2H3. The number of nitrogens with zero attached hydrogens (tertiary/aromatic N) is 2. The second kappa shape index (κ2) is 4.18. The molecule has 0 atom stereocenters. The molecule has 1 aromatic rings. The number of hydrogen-bond acceptors (Lipinski definition) is 5. The maximum Gasteiger partial charge on any atom is 0.332 e. The van der Waals surface area contributed by atoms with Gasteiger partial charge < -0.3 is 16.2 Å². The second-order valence-electron chi connectivity index (χ2n) is 3.12. The number of hydrogen-bond donors (Lipinski definition) is 3. The molecule has 0 saturated carbocycles. The van der Waals surface area contributed by atoms with Crippen LogP contribution in [0.1, 0.15) is 0 Å². The quantitative estimate of drug-likeness (QED) is 0.544. The Morgan fingerprint density at radius 2 is 1.93 bits per heavy atom. The van der Waals surface area contributed by atoms with Gasteiger partial charge in [0.05, 0.1) is 6.61 Å². The van der Waals surface area contributed by atoms with Gasteiger partial charge in [-0.15, -0.1) is 0 Å². The lowest BCUT2D eigenvalue weighted by molar-refractivity contribution is 0.311. The van der Waals surface area contributed by atoms with E-state index in [0.29, 0.717) is 0 Å². The number of rotatable bonds is 3. The number of aromatic nitrogens is 2. The van der Waals surface area contributed by atoms with Crippen molar-refractivity contribution >= 4 is 11.5 Å². The topological polar surface area (TPSA) is 102 Å². The van der Waals surface area contributed by atoms with Gasteiger partial charge in [-0.25, -0.2) is 4.79 Å². The van der Waals surface area contributed by atoms with Gasteiger partial charge in [-0.3, -0.25) is 13.9 Å². The van der Waals surface area contributed by atoms with Crippen molar-refractivity contribution in [2.24, 2.45) is 14.1 Å². The Hall–Kier alpha value is -1.76. The highest BCUT2D eigenvalue weighted by molar-refractivity contribution is 5.60. The molecule has 15 heavy (non-hydrogen) atoms. The van der Waals surface area contributed by atoms with Gasteiger partial charge in [0.2, 0.25) is 0 Å². The molecule has 4 N–H and O–H groups in total. The van der Waals surface area contributed by atoms with Crippen LogP contribution in [0.2, 0.25) is 0 Å². The smallest absolute Gasteiger partial charge is 0.332 e. The lowest BCUT2D eigenvalue weighted by Gasteiger charge is -2.12. The van der Waals surface area contributed by atoms with Crippen LogP contribution < -0.4 is 22.3 Å². The number of aliphatic hydroxyl groups excluding tert-OH is 1. The Kier molecular flexibility index (Phi) is 3.15. The number of nitrogens with one attached hydrogen (secondary N) is 1. The van der Waals surface area contributed by atoms with Crippen LogP contribution in [-0.4, -0.2) is 27.4 Å². The molecule has 0 amide bonds. The first-order chi connectivity index (χ1) is 7.00. The molecule has 1 rings (SSSR count). The molecule has 0 aliphatic heterocycles. The molecule has 84 valence electrons. The zero-order valence-corrected chi connectivity index (χ0v) is 8.65. The molecule has 1 aromatic heterocycles. The van der Waals surface area contributed by atoms with Gasteiger partial charge >= 0.3 is 5.69 Å². The minimum absolute atomic E-state index is 0.0663. The number of aliphatic hydroxyl groups is 1. The molecular weight excluding hydrogens is 200 g/mol. The van der Waals surface area contributed by atoms with Crippen LogP contribution in [0.4, 0.5) is 11.5 Å². The molecule has 0 bridgehead atoms. The molecule has 0 radical (unpaired) electrons. The first kappa shape index (κ1) is 11.3. The fourth-order valence-corrected chi connectivity index (χ4v) is 1.21. The molecule has 0 aliphatic carbocycles. The summed E-state index contributed by atoms with van der Waals surface area (Å²) in [5.41, 5.74) is 4.76. The Bertz CT molecular complexity index is 474. The third-order valence-corrected chi connectivity index (χ3v) is 2.12. The highest BCUT2D eigenvalue weighted by Gasteiger charge is 2.11. The molecule has 7 heteroatoms. The van der Waals surface area contributed by atoms with Gasteiger partial charge in [-0.2, -0.15) is 0 Å². The van der Waals surface area contributed by atoms with Crippen molar-refractivity contribution in [2.75, 3.05) is 24.2 Å². The number of nitrogens with two attached hydrogens (primary N) is 1. The van der Waals surface area contributed by atoms with Gasteiger partial charge in [0.15, 0.2) is 0 Å². The summed E-state index contributed by atoms with van der Waals surface area (Å²) in [6.45, 7) is 0.0864. The minimum atomic E-state index is -0.496. The molecule has 0 unspecified atom stereocenters. The molecule has 0 aromatic carbocycles. The van der Waals surface area contributed by atoms with E-state index in [1.807, 2.05) is 0 Å². The lowest BCUT2D eigenvalue weighted by atomic mass is 10.4. The van der Waals surface area contributed by atoms with Crippen LogP contribution in [-0.2, 0) is 14.1 Å². The summed E-state index contributed by atoms with van der Waals surface area (Å²) >= 11 is 0. The predicted molar refractivity (Wildman–Crippen MR) is 56.9 cm³/mol. The SMILES string of the molecule is Cn1c(N)c(NCCO)c(=O)n(C)c1=O.